The van der Waals surface area contributed by atoms with Crippen LogP contribution in [-0.2, 0) is 25.2 Å². The van der Waals surface area contributed by atoms with Crippen molar-refractivity contribution >= 4 is 17.6 Å². The second kappa shape index (κ2) is 8.94. The van der Waals surface area contributed by atoms with Gasteiger partial charge in [0.05, 0.1) is 20.3 Å². The predicted octanol–water partition coefficient (Wildman–Crippen LogP) is 4.14. The fraction of sp³-hybridized carbons (Fsp3) is 0.158. The van der Waals surface area contributed by atoms with Crippen molar-refractivity contribution in [1.29, 1.82) is 0 Å². The number of para-hydroxylation sites is 1. The fourth-order valence-corrected chi connectivity index (χ4v) is 2.12. The van der Waals surface area contributed by atoms with Gasteiger partial charge in [0.1, 0.15) is 22.8 Å². The highest BCUT2D eigenvalue weighted by atomic mass is 19.4. The Balaban J connectivity index is 2.39. The summed E-state index contributed by atoms with van der Waals surface area (Å²) < 4.78 is 54.6. The van der Waals surface area contributed by atoms with Crippen molar-refractivity contribution in [1.82, 2.24) is 0 Å². The summed E-state index contributed by atoms with van der Waals surface area (Å²) in [6.45, 7) is 0. The molecule has 2 rings (SSSR count). The molecule has 0 saturated heterocycles. The third kappa shape index (κ3) is 5.50. The number of benzene rings is 2. The van der Waals surface area contributed by atoms with Crippen molar-refractivity contribution in [2.45, 2.75) is 6.18 Å². The summed E-state index contributed by atoms with van der Waals surface area (Å²) in [6.07, 6.45) is -3.95. The van der Waals surface area contributed by atoms with Gasteiger partial charge in [-0.2, -0.15) is 13.2 Å². The summed E-state index contributed by atoms with van der Waals surface area (Å²) in [5, 5.41) is 2.43. The van der Waals surface area contributed by atoms with Crippen LogP contribution in [0.4, 0.5) is 18.9 Å². The summed E-state index contributed by atoms with van der Waals surface area (Å²) in [5.74, 6) is -2.02. The number of halogens is 3. The van der Waals surface area contributed by atoms with Crippen LogP contribution in [0.2, 0.25) is 0 Å². The first kappa shape index (κ1) is 20.8. The molecule has 2 aromatic rings. The summed E-state index contributed by atoms with van der Waals surface area (Å²) in [6, 6.07) is 11.1. The van der Waals surface area contributed by atoms with E-state index in [4.69, 9.17) is 4.74 Å². The molecule has 0 radical (unpaired) electrons. The molecule has 0 atom stereocenters. The quantitative estimate of drug-likeness (QED) is 0.585. The van der Waals surface area contributed by atoms with Gasteiger partial charge in [0, 0.05) is 5.69 Å². The van der Waals surface area contributed by atoms with Gasteiger partial charge in [-0.1, -0.05) is 18.2 Å². The van der Waals surface area contributed by atoms with E-state index < -0.39 is 29.4 Å². The number of hydrogen-bond donors (Lipinski definition) is 1. The zero-order valence-electron chi connectivity index (χ0n) is 14.9. The topological polar surface area (TPSA) is 73.9 Å². The van der Waals surface area contributed by atoms with Gasteiger partial charge in [0.15, 0.2) is 0 Å². The molecule has 0 unspecified atom stereocenters. The van der Waals surface area contributed by atoms with Gasteiger partial charge >= 0.3 is 18.1 Å². The van der Waals surface area contributed by atoms with Crippen LogP contribution in [0.25, 0.3) is 0 Å². The van der Waals surface area contributed by atoms with Gasteiger partial charge in [0.25, 0.3) is 0 Å². The van der Waals surface area contributed by atoms with Crippen molar-refractivity contribution in [3.63, 3.8) is 0 Å². The number of carbonyl (C=O) groups is 2. The van der Waals surface area contributed by atoms with Crippen LogP contribution in [0.5, 0.6) is 11.5 Å². The highest BCUT2D eigenvalue weighted by molar-refractivity contribution is 5.98. The Bertz CT molecular complexity index is 879. The fourth-order valence-electron chi connectivity index (χ4n) is 2.12. The lowest BCUT2D eigenvalue weighted by Crippen LogP contribution is -2.16. The molecule has 0 heterocycles. The lowest BCUT2D eigenvalue weighted by Gasteiger charge is -2.16. The lowest BCUT2D eigenvalue weighted by molar-refractivity contribution is -0.138. The molecule has 0 bridgehead atoms. The Morgan fingerprint density at radius 1 is 1.00 bits per heavy atom. The van der Waals surface area contributed by atoms with E-state index in [-0.39, 0.29) is 17.1 Å². The van der Waals surface area contributed by atoms with Crippen LogP contribution in [0.3, 0.4) is 0 Å². The minimum atomic E-state index is -4.72. The average Bonchev–Trinajstić information content (AvgIpc) is 2.67. The first-order valence-electron chi connectivity index (χ1n) is 7.83. The maximum absolute atomic E-state index is 13.5. The van der Waals surface area contributed by atoms with E-state index in [2.05, 4.69) is 14.8 Å². The van der Waals surface area contributed by atoms with E-state index in [0.29, 0.717) is 0 Å². The molecule has 1 N–H and O–H groups in total. The summed E-state index contributed by atoms with van der Waals surface area (Å²) in [5.41, 5.74) is -1.56. The number of ether oxygens (including phenoxy) is 3. The molecule has 148 valence electrons. The van der Waals surface area contributed by atoms with E-state index in [1.54, 1.807) is 18.2 Å². The van der Waals surface area contributed by atoms with Crippen molar-refractivity contribution < 1.29 is 37.0 Å². The average molecular weight is 395 g/mol. The number of esters is 2. The van der Waals surface area contributed by atoms with Crippen molar-refractivity contribution in [3.05, 3.63) is 65.9 Å². The summed E-state index contributed by atoms with van der Waals surface area (Å²) in [7, 11) is 2.15. The number of methoxy groups -OCH3 is 2. The van der Waals surface area contributed by atoms with Gasteiger partial charge in [-0.15, -0.1) is 0 Å². The summed E-state index contributed by atoms with van der Waals surface area (Å²) in [4.78, 5) is 23.1. The molecule has 2 aromatic carbocycles. The first-order valence-corrected chi connectivity index (χ1v) is 7.83. The smallest absolute Gasteiger partial charge is 0.420 e. The van der Waals surface area contributed by atoms with Crippen LogP contribution >= 0.6 is 0 Å². The second-order valence-electron chi connectivity index (χ2n) is 5.32. The van der Waals surface area contributed by atoms with Crippen LogP contribution < -0.4 is 10.1 Å². The van der Waals surface area contributed by atoms with E-state index >= 15 is 0 Å². The molecule has 0 aliphatic heterocycles. The van der Waals surface area contributed by atoms with Gasteiger partial charge in [0.2, 0.25) is 0 Å². The molecule has 9 heteroatoms. The highest BCUT2D eigenvalue weighted by Crippen LogP contribution is 2.39. The molecule has 6 nitrogen and oxygen atoms in total. The Kier molecular flexibility index (Phi) is 6.64. The standard InChI is InChI=1S/C19H16F3NO5/c1-26-17(24)11-15(18(25)27-2)23-12-8-9-16(14(10-12)19(20,21)22)28-13-6-4-3-5-7-13/h3-11,23H,1-2H3/b15-11+. The molecular weight excluding hydrogens is 379 g/mol. The van der Waals surface area contributed by atoms with Gasteiger partial charge in [-0.3, -0.25) is 0 Å². The van der Waals surface area contributed by atoms with E-state index in [9.17, 15) is 22.8 Å². The molecule has 0 fully saturated rings. The highest BCUT2D eigenvalue weighted by Gasteiger charge is 2.35. The predicted molar refractivity (Wildman–Crippen MR) is 93.7 cm³/mol. The molecule has 0 aromatic heterocycles. The number of anilines is 1. The van der Waals surface area contributed by atoms with E-state index in [1.165, 1.54) is 18.2 Å². The van der Waals surface area contributed by atoms with E-state index in [0.717, 1.165) is 32.4 Å². The zero-order valence-corrected chi connectivity index (χ0v) is 14.9. The Labute approximate surface area is 158 Å². The normalized spacial score (nSPS) is 11.5. The van der Waals surface area contributed by atoms with Crippen molar-refractivity contribution in [3.8, 4) is 11.5 Å². The molecule has 0 amide bonds. The first-order chi connectivity index (χ1) is 13.2. The number of alkyl halides is 3. The Hall–Kier alpha value is -3.49. The van der Waals surface area contributed by atoms with Crippen LogP contribution in [-0.4, -0.2) is 26.2 Å². The maximum atomic E-state index is 13.5. The van der Waals surface area contributed by atoms with Crippen molar-refractivity contribution in [2.75, 3.05) is 19.5 Å². The molecular formula is C19H16F3NO5. The Morgan fingerprint density at radius 2 is 1.68 bits per heavy atom. The molecule has 28 heavy (non-hydrogen) atoms. The molecule has 0 spiro atoms. The van der Waals surface area contributed by atoms with Crippen LogP contribution in [0.1, 0.15) is 5.56 Å². The van der Waals surface area contributed by atoms with Gasteiger partial charge in [-0.05, 0) is 30.3 Å². The molecule has 0 aliphatic carbocycles. The lowest BCUT2D eigenvalue weighted by atomic mass is 10.1. The van der Waals surface area contributed by atoms with Crippen LogP contribution in [0, 0.1) is 0 Å². The number of nitrogens with one attached hydrogen (secondary N) is 1. The SMILES string of the molecule is COC(=O)/C=C(/Nc1ccc(Oc2ccccc2)c(C(F)(F)F)c1)C(=O)OC. The third-order valence-electron chi connectivity index (χ3n) is 3.40. The van der Waals surface area contributed by atoms with E-state index in [1.807, 2.05) is 0 Å². The monoisotopic (exact) mass is 395 g/mol. The summed E-state index contributed by atoms with van der Waals surface area (Å²) >= 11 is 0. The third-order valence-corrected chi connectivity index (χ3v) is 3.40. The number of hydrogen-bond acceptors (Lipinski definition) is 6. The molecule has 0 saturated carbocycles. The van der Waals surface area contributed by atoms with Gasteiger partial charge in [-0.25, -0.2) is 9.59 Å². The second-order valence-corrected chi connectivity index (χ2v) is 5.32. The zero-order chi connectivity index (χ0) is 20.7. The largest absolute Gasteiger partial charge is 0.466 e. The van der Waals surface area contributed by atoms with Crippen LogP contribution in [0.15, 0.2) is 60.3 Å². The number of carbonyl (C=O) groups excluding carboxylic acids is 2. The maximum Gasteiger partial charge on any atom is 0.420 e. The number of rotatable bonds is 6. The van der Waals surface area contributed by atoms with Crippen molar-refractivity contribution in [2.24, 2.45) is 0 Å². The Morgan fingerprint density at radius 3 is 2.25 bits per heavy atom. The van der Waals surface area contributed by atoms with Gasteiger partial charge < -0.3 is 19.5 Å². The molecule has 0 aliphatic rings. The minimum absolute atomic E-state index is 0.103. The minimum Gasteiger partial charge on any atom is -0.466 e.